The fraction of sp³-hybridized carbons (Fsp3) is 0.167. The molecule has 0 spiro atoms. The molecule has 38 heavy (non-hydrogen) atoms. The number of hydrogen-bond acceptors (Lipinski definition) is 6. The van der Waals surface area contributed by atoms with E-state index in [2.05, 4.69) is 10.3 Å². The van der Waals surface area contributed by atoms with Crippen LogP contribution in [0.2, 0.25) is 0 Å². The van der Waals surface area contributed by atoms with Crippen LogP contribution in [-0.2, 0) is 21.2 Å². The number of halogens is 4. The molecule has 4 amide bonds. The molecule has 1 aromatic heterocycles. The predicted molar refractivity (Wildman–Crippen MR) is 126 cm³/mol. The maximum Gasteiger partial charge on any atom is 0.501 e. The summed E-state index contributed by atoms with van der Waals surface area (Å²) in [7, 11) is -5.60. The molecule has 1 fully saturated rings. The molecule has 1 unspecified atom stereocenters. The second kappa shape index (κ2) is 9.85. The first-order valence-electron chi connectivity index (χ1n) is 10.9. The lowest BCUT2D eigenvalue weighted by Crippen LogP contribution is -2.33. The minimum Gasteiger partial charge on any atom is -0.320 e. The van der Waals surface area contributed by atoms with Gasteiger partial charge in [-0.3, -0.25) is 14.6 Å². The number of carbonyl (C=O) groups excluding carboxylic acids is 3. The smallest absolute Gasteiger partial charge is 0.320 e. The molecular formula is C24H18F4N4O5S. The molecule has 2 heterocycles. The molecule has 3 aromatic rings. The lowest BCUT2D eigenvalue weighted by atomic mass is 10.1. The van der Waals surface area contributed by atoms with Crippen LogP contribution >= 0.6 is 0 Å². The van der Waals surface area contributed by atoms with Crippen molar-refractivity contribution in [2.24, 2.45) is 0 Å². The SMILES string of the molecule is CC1C(=O)N(c2ccc(S(=O)(=O)C(F)(F)F)cc2)C(=O)N1Cc1ccncc1NC(=O)c1ccc(F)cc1. The monoisotopic (exact) mass is 550 g/mol. The van der Waals surface area contributed by atoms with Gasteiger partial charge in [-0.25, -0.2) is 22.5 Å². The van der Waals surface area contributed by atoms with Crippen LogP contribution in [0.4, 0.5) is 33.7 Å². The first-order valence-corrected chi connectivity index (χ1v) is 12.4. The Labute approximate surface area is 213 Å². The van der Waals surface area contributed by atoms with Gasteiger partial charge in [-0.15, -0.1) is 0 Å². The quantitative estimate of drug-likeness (QED) is 0.365. The normalized spacial score (nSPS) is 16.2. The van der Waals surface area contributed by atoms with E-state index in [0.29, 0.717) is 17.7 Å². The predicted octanol–water partition coefficient (Wildman–Crippen LogP) is 4.12. The number of hydrogen-bond donors (Lipinski definition) is 1. The van der Waals surface area contributed by atoms with E-state index in [9.17, 15) is 40.4 Å². The number of nitrogens with one attached hydrogen (secondary N) is 1. The van der Waals surface area contributed by atoms with E-state index < -0.39 is 49.9 Å². The van der Waals surface area contributed by atoms with Gasteiger partial charge in [0.15, 0.2) is 0 Å². The molecule has 1 atom stereocenters. The van der Waals surface area contributed by atoms with Gasteiger partial charge in [0.05, 0.1) is 29.0 Å². The third-order valence-electron chi connectivity index (χ3n) is 5.80. The Kier molecular flexibility index (Phi) is 6.93. The second-order valence-corrected chi connectivity index (χ2v) is 10.1. The number of imide groups is 1. The third-order valence-corrected chi connectivity index (χ3v) is 7.30. The lowest BCUT2D eigenvalue weighted by molar-refractivity contribution is -0.119. The number of amides is 4. The van der Waals surface area contributed by atoms with E-state index >= 15 is 0 Å². The van der Waals surface area contributed by atoms with Gasteiger partial charge in [-0.05, 0) is 67.1 Å². The van der Waals surface area contributed by atoms with Gasteiger partial charge in [0.1, 0.15) is 11.9 Å². The molecule has 1 N–H and O–H groups in total. The van der Waals surface area contributed by atoms with Crippen molar-refractivity contribution in [2.45, 2.75) is 29.9 Å². The fourth-order valence-corrected chi connectivity index (χ4v) is 4.47. The van der Waals surface area contributed by atoms with Gasteiger partial charge in [0, 0.05) is 11.8 Å². The Balaban J connectivity index is 1.55. The van der Waals surface area contributed by atoms with Crippen molar-refractivity contribution in [1.82, 2.24) is 9.88 Å². The highest BCUT2D eigenvalue weighted by Crippen LogP contribution is 2.33. The Hall–Kier alpha value is -4.33. The van der Waals surface area contributed by atoms with Crippen molar-refractivity contribution in [2.75, 3.05) is 10.2 Å². The number of alkyl halides is 3. The number of sulfone groups is 1. The highest BCUT2D eigenvalue weighted by atomic mass is 32.2. The molecule has 2 aromatic carbocycles. The molecule has 0 bridgehead atoms. The van der Waals surface area contributed by atoms with Gasteiger partial charge in [-0.2, -0.15) is 13.2 Å². The Morgan fingerprint density at radius 3 is 2.26 bits per heavy atom. The Bertz CT molecular complexity index is 1510. The third kappa shape index (κ3) is 4.94. The minimum absolute atomic E-state index is 0.116. The maximum absolute atomic E-state index is 13.2. The van der Waals surface area contributed by atoms with Gasteiger partial charge in [-0.1, -0.05) is 0 Å². The number of rotatable bonds is 6. The van der Waals surface area contributed by atoms with Crippen molar-refractivity contribution in [3.8, 4) is 0 Å². The number of nitrogens with zero attached hydrogens (tertiary/aromatic N) is 3. The zero-order valence-corrected chi connectivity index (χ0v) is 20.3. The van der Waals surface area contributed by atoms with Crippen molar-refractivity contribution in [3.63, 3.8) is 0 Å². The summed E-state index contributed by atoms with van der Waals surface area (Å²) >= 11 is 0. The second-order valence-electron chi connectivity index (χ2n) is 8.20. The zero-order valence-electron chi connectivity index (χ0n) is 19.4. The lowest BCUT2D eigenvalue weighted by Gasteiger charge is -2.21. The fourth-order valence-electron chi connectivity index (χ4n) is 3.71. The van der Waals surface area contributed by atoms with E-state index in [-0.39, 0.29) is 23.5 Å². The van der Waals surface area contributed by atoms with Crippen molar-refractivity contribution >= 4 is 39.1 Å². The molecule has 9 nitrogen and oxygen atoms in total. The van der Waals surface area contributed by atoms with Crippen LogP contribution in [0.1, 0.15) is 22.8 Å². The number of pyridine rings is 1. The number of anilines is 2. The molecule has 14 heteroatoms. The van der Waals surface area contributed by atoms with E-state index in [4.69, 9.17) is 0 Å². The standard InChI is InChI=1S/C24H18F4N4O5S/c1-14-22(34)32(18-6-8-19(9-7-18)38(36,37)24(26,27)28)23(35)31(14)13-16-10-11-29-12-20(16)30-21(33)15-2-4-17(25)5-3-15/h2-12,14H,13H2,1H3,(H,30,33). The van der Waals surface area contributed by atoms with Crippen LogP contribution in [0.15, 0.2) is 71.9 Å². The molecule has 1 saturated heterocycles. The number of benzene rings is 2. The summed E-state index contributed by atoms with van der Waals surface area (Å²) < 4.78 is 74.8. The van der Waals surface area contributed by atoms with Gasteiger partial charge in [0.25, 0.3) is 21.7 Å². The van der Waals surface area contributed by atoms with E-state index in [1.54, 1.807) is 0 Å². The summed E-state index contributed by atoms with van der Waals surface area (Å²) in [5.74, 6) is -1.77. The first kappa shape index (κ1) is 26.7. The van der Waals surface area contributed by atoms with E-state index in [0.717, 1.165) is 29.2 Å². The molecule has 4 rings (SSSR count). The molecule has 198 valence electrons. The summed E-state index contributed by atoms with van der Waals surface area (Å²) in [6.07, 6.45) is 2.74. The highest BCUT2D eigenvalue weighted by Gasteiger charge is 2.47. The van der Waals surface area contributed by atoms with Crippen LogP contribution in [0.3, 0.4) is 0 Å². The molecule has 0 saturated carbocycles. The average Bonchev–Trinajstić information content (AvgIpc) is 3.08. The van der Waals surface area contributed by atoms with Crippen LogP contribution in [0.25, 0.3) is 0 Å². The molecule has 0 aliphatic carbocycles. The minimum atomic E-state index is -5.60. The Morgan fingerprint density at radius 1 is 1.03 bits per heavy atom. The number of carbonyl (C=O) groups is 3. The maximum atomic E-state index is 13.2. The van der Waals surface area contributed by atoms with Gasteiger partial charge in [0.2, 0.25) is 0 Å². The van der Waals surface area contributed by atoms with Crippen LogP contribution in [0, 0.1) is 5.82 Å². The highest BCUT2D eigenvalue weighted by molar-refractivity contribution is 7.92. The van der Waals surface area contributed by atoms with Crippen molar-refractivity contribution in [1.29, 1.82) is 0 Å². The molecule has 1 aliphatic heterocycles. The molecular weight excluding hydrogens is 532 g/mol. The summed E-state index contributed by atoms with van der Waals surface area (Å²) in [4.78, 5) is 43.4. The molecule has 1 aliphatic rings. The largest absolute Gasteiger partial charge is 0.501 e. The van der Waals surface area contributed by atoms with E-state index in [1.165, 1.54) is 42.4 Å². The Morgan fingerprint density at radius 2 is 1.66 bits per heavy atom. The van der Waals surface area contributed by atoms with E-state index in [1.807, 2.05) is 0 Å². The topological polar surface area (TPSA) is 117 Å². The van der Waals surface area contributed by atoms with Crippen LogP contribution in [-0.4, -0.2) is 47.7 Å². The number of aromatic nitrogens is 1. The molecule has 0 radical (unpaired) electrons. The first-order chi connectivity index (χ1) is 17.8. The van der Waals surface area contributed by atoms with Gasteiger partial charge < -0.3 is 10.2 Å². The summed E-state index contributed by atoms with van der Waals surface area (Å²) in [6, 6.07) is 7.74. The summed E-state index contributed by atoms with van der Waals surface area (Å²) in [5, 5.41) is 2.63. The van der Waals surface area contributed by atoms with Crippen LogP contribution in [0.5, 0.6) is 0 Å². The van der Waals surface area contributed by atoms with Crippen molar-refractivity contribution < 1.29 is 40.4 Å². The average molecular weight is 550 g/mol. The van der Waals surface area contributed by atoms with Crippen molar-refractivity contribution in [3.05, 3.63) is 83.9 Å². The summed E-state index contributed by atoms with van der Waals surface area (Å²) in [5.41, 5.74) is -4.81. The zero-order chi connectivity index (χ0) is 27.8. The van der Waals surface area contributed by atoms with Gasteiger partial charge >= 0.3 is 11.5 Å². The number of urea groups is 1. The van der Waals surface area contributed by atoms with Crippen LogP contribution < -0.4 is 10.2 Å². The summed E-state index contributed by atoms with van der Waals surface area (Å²) in [6.45, 7) is 1.30.